The van der Waals surface area contributed by atoms with E-state index in [2.05, 4.69) is 55.4 Å². The van der Waals surface area contributed by atoms with E-state index in [4.69, 9.17) is 46.4 Å². The van der Waals surface area contributed by atoms with Crippen molar-refractivity contribution in [2.45, 2.75) is 128 Å². The Bertz CT molecular complexity index is 966. The van der Waals surface area contributed by atoms with Crippen LogP contribution in [0, 0.1) is 56.2 Å². The fraction of sp³-hybridized carbons (Fsp3) is 0.938. The Hall–Kier alpha value is 0.500. The van der Waals surface area contributed by atoms with E-state index in [0.29, 0.717) is 11.6 Å². The molecule has 6 heteroatoms. The number of ketones is 2. The minimum absolute atomic E-state index is 0.0244. The number of carbonyl (C=O) groups excluding carboxylic acids is 2. The summed E-state index contributed by atoms with van der Waals surface area (Å²) >= 11 is 26.3. The Balaban J connectivity index is 0.000000155. The van der Waals surface area contributed by atoms with Gasteiger partial charge in [-0.15, -0.1) is 46.4 Å². The molecular formula is C32H48Cl4O2. The molecule has 8 atom stereocenters. The van der Waals surface area contributed by atoms with Crippen LogP contribution in [0.2, 0.25) is 0 Å². The van der Waals surface area contributed by atoms with Crippen molar-refractivity contribution in [3.8, 4) is 0 Å². The van der Waals surface area contributed by atoms with Gasteiger partial charge in [0, 0.05) is 45.3 Å². The maximum Gasteiger partial charge on any atom is 0.142 e. The van der Waals surface area contributed by atoms with Crippen LogP contribution in [0.3, 0.4) is 0 Å². The first-order valence-electron chi connectivity index (χ1n) is 15.0. The molecular weight excluding hydrogens is 558 g/mol. The summed E-state index contributed by atoms with van der Waals surface area (Å²) in [5.41, 5.74) is -0.365. The molecule has 6 rings (SSSR count). The molecule has 6 aliphatic rings. The van der Waals surface area contributed by atoms with Crippen molar-refractivity contribution < 1.29 is 9.59 Å². The molecule has 2 nitrogen and oxygen atoms in total. The quantitative estimate of drug-likeness (QED) is 0.257. The summed E-state index contributed by atoms with van der Waals surface area (Å²) in [4.78, 5) is 26.3. The fourth-order valence-corrected chi connectivity index (χ4v) is 11.8. The summed E-state index contributed by atoms with van der Waals surface area (Å²) in [5, 5.41) is 0. The number of fused-ring (bicyclic) bond motifs is 8. The van der Waals surface area contributed by atoms with Gasteiger partial charge in [-0.1, -0.05) is 68.2 Å². The van der Waals surface area contributed by atoms with Gasteiger partial charge in [-0.2, -0.15) is 0 Å². The zero-order valence-electron chi connectivity index (χ0n) is 24.7. The molecule has 0 aromatic heterocycles. The first-order valence-corrected chi connectivity index (χ1v) is 16.5. The van der Waals surface area contributed by atoms with Gasteiger partial charge in [-0.25, -0.2) is 0 Å². The molecule has 0 saturated heterocycles. The summed E-state index contributed by atoms with van der Waals surface area (Å²) < 4.78 is -1.40. The molecule has 0 amide bonds. The number of halogens is 4. The Kier molecular flexibility index (Phi) is 6.73. The molecule has 6 fully saturated rings. The van der Waals surface area contributed by atoms with Gasteiger partial charge in [-0.3, -0.25) is 9.59 Å². The Morgan fingerprint density at radius 1 is 0.500 bits per heavy atom. The van der Waals surface area contributed by atoms with Gasteiger partial charge in [0.05, 0.1) is 0 Å². The molecule has 0 radical (unpaired) electrons. The highest BCUT2D eigenvalue weighted by atomic mass is 35.5. The lowest BCUT2D eigenvalue weighted by Gasteiger charge is -2.35. The minimum atomic E-state index is -0.698. The second-order valence-corrected chi connectivity index (χ2v) is 19.3. The highest BCUT2D eigenvalue weighted by molar-refractivity contribution is 6.52. The van der Waals surface area contributed by atoms with Crippen molar-refractivity contribution in [2.24, 2.45) is 56.2 Å². The topological polar surface area (TPSA) is 34.1 Å². The summed E-state index contributed by atoms with van der Waals surface area (Å²) in [6.07, 6.45) is 10.4. The Morgan fingerprint density at radius 2 is 0.816 bits per heavy atom. The fourth-order valence-electron chi connectivity index (χ4n) is 9.69. The molecule has 0 aromatic rings. The molecule has 4 bridgehead atoms. The normalized spacial score (nSPS) is 50.9. The second kappa shape index (κ2) is 8.54. The minimum Gasteiger partial charge on any atom is -0.299 e. The first kappa shape index (κ1) is 30.0. The number of carbonyl (C=O) groups is 2. The van der Waals surface area contributed by atoms with Crippen molar-refractivity contribution >= 4 is 58.0 Å². The maximum atomic E-state index is 13.1. The number of hydrogen-bond acceptors (Lipinski definition) is 2. The molecule has 6 saturated carbocycles. The number of alkyl halides is 4. The van der Waals surface area contributed by atoms with Gasteiger partial charge in [0.15, 0.2) is 0 Å². The standard InChI is InChI=1S/2C16H24Cl2O/c2*1-13(2)6-5-7-14(3)8-9-15(4)11(16(15,17)18)10(13)12(14)19/h2*10-11H,5-9H2,1-4H3/t2*10-,11-,14+,15+/m00/s1. The monoisotopic (exact) mass is 604 g/mol. The van der Waals surface area contributed by atoms with Gasteiger partial charge < -0.3 is 0 Å². The lowest BCUT2D eigenvalue weighted by molar-refractivity contribution is -0.136. The van der Waals surface area contributed by atoms with Gasteiger partial charge >= 0.3 is 0 Å². The summed E-state index contributed by atoms with van der Waals surface area (Å²) in [5.74, 6) is 1.22. The van der Waals surface area contributed by atoms with E-state index in [-0.39, 0.29) is 56.2 Å². The highest BCUT2D eigenvalue weighted by Crippen LogP contribution is 2.79. The van der Waals surface area contributed by atoms with Crippen LogP contribution >= 0.6 is 46.4 Å². The molecule has 38 heavy (non-hydrogen) atoms. The predicted octanol–water partition coefficient (Wildman–Crippen LogP) is 9.98. The third-order valence-corrected chi connectivity index (χ3v) is 15.8. The summed E-state index contributed by atoms with van der Waals surface area (Å²) in [6, 6.07) is 0. The average molecular weight is 607 g/mol. The van der Waals surface area contributed by atoms with E-state index in [1.165, 1.54) is 0 Å². The first-order chi connectivity index (χ1) is 17.1. The van der Waals surface area contributed by atoms with Crippen LogP contribution in [0.1, 0.15) is 120 Å². The predicted molar refractivity (Wildman–Crippen MR) is 159 cm³/mol. The molecule has 0 aliphatic heterocycles. The van der Waals surface area contributed by atoms with Gasteiger partial charge in [0.1, 0.15) is 20.2 Å². The van der Waals surface area contributed by atoms with Crippen LogP contribution in [-0.4, -0.2) is 20.2 Å². The molecule has 0 aromatic carbocycles. The van der Waals surface area contributed by atoms with E-state index in [1.54, 1.807) is 0 Å². The molecule has 0 unspecified atom stereocenters. The summed E-state index contributed by atoms with van der Waals surface area (Å²) in [7, 11) is 0. The Morgan fingerprint density at radius 3 is 1.13 bits per heavy atom. The highest BCUT2D eigenvalue weighted by Gasteiger charge is 2.80. The SMILES string of the molecule is CC1(C)CCC[C@]2(C)CC[C@]3(C)[C@H]([C@H]1C2=O)C3(Cl)Cl.CC1(C)CCC[C@]2(C)CC[C@]3(C)[C@H]([C@H]1C2=O)C3(Cl)Cl. The van der Waals surface area contributed by atoms with Crippen LogP contribution in [0.25, 0.3) is 0 Å². The third kappa shape index (κ3) is 3.91. The molecule has 216 valence electrons. The van der Waals surface area contributed by atoms with Crippen LogP contribution in [-0.2, 0) is 9.59 Å². The molecule has 0 spiro atoms. The lowest BCUT2D eigenvalue weighted by Crippen LogP contribution is -2.39. The van der Waals surface area contributed by atoms with Gasteiger partial charge in [0.25, 0.3) is 0 Å². The Labute approximate surface area is 251 Å². The van der Waals surface area contributed by atoms with E-state index in [9.17, 15) is 9.59 Å². The second-order valence-electron chi connectivity index (χ2n) is 16.5. The van der Waals surface area contributed by atoms with E-state index >= 15 is 0 Å². The lowest BCUT2D eigenvalue weighted by atomic mass is 9.68. The third-order valence-electron chi connectivity index (χ3n) is 13.1. The summed E-state index contributed by atoms with van der Waals surface area (Å²) in [6.45, 7) is 17.6. The van der Waals surface area contributed by atoms with Crippen LogP contribution < -0.4 is 0 Å². The zero-order chi connectivity index (χ0) is 28.5. The maximum absolute atomic E-state index is 13.1. The van der Waals surface area contributed by atoms with E-state index in [1.807, 2.05) is 0 Å². The van der Waals surface area contributed by atoms with Crippen molar-refractivity contribution in [3.05, 3.63) is 0 Å². The number of rotatable bonds is 0. The smallest absolute Gasteiger partial charge is 0.142 e. The number of Topliss-reactive ketones (excluding diaryl/α,β-unsaturated/α-hetero) is 2. The van der Waals surface area contributed by atoms with Crippen LogP contribution in [0.15, 0.2) is 0 Å². The van der Waals surface area contributed by atoms with Crippen LogP contribution in [0.5, 0.6) is 0 Å². The van der Waals surface area contributed by atoms with Gasteiger partial charge in [-0.05, 0) is 62.2 Å². The van der Waals surface area contributed by atoms with E-state index in [0.717, 1.165) is 64.2 Å². The zero-order valence-corrected chi connectivity index (χ0v) is 27.7. The molecule has 0 heterocycles. The largest absolute Gasteiger partial charge is 0.299 e. The molecule has 6 aliphatic carbocycles. The van der Waals surface area contributed by atoms with Crippen molar-refractivity contribution in [3.63, 3.8) is 0 Å². The van der Waals surface area contributed by atoms with Crippen LogP contribution in [0.4, 0.5) is 0 Å². The van der Waals surface area contributed by atoms with Crippen molar-refractivity contribution in [1.29, 1.82) is 0 Å². The average Bonchev–Trinajstić information content (AvgIpc) is 3.50. The van der Waals surface area contributed by atoms with Gasteiger partial charge in [0.2, 0.25) is 0 Å². The molecule has 0 N–H and O–H groups in total. The van der Waals surface area contributed by atoms with E-state index < -0.39 is 8.67 Å². The van der Waals surface area contributed by atoms with Crippen molar-refractivity contribution in [2.75, 3.05) is 0 Å². The number of hydrogen-bond donors (Lipinski definition) is 0. The van der Waals surface area contributed by atoms with Crippen molar-refractivity contribution in [1.82, 2.24) is 0 Å².